The van der Waals surface area contributed by atoms with Gasteiger partial charge in [-0.1, -0.05) is 133 Å². The molecule has 37 heavy (non-hydrogen) atoms. The van der Waals surface area contributed by atoms with E-state index < -0.39 is 5.41 Å². The van der Waals surface area contributed by atoms with E-state index >= 15 is 0 Å². The molecule has 0 radical (unpaired) electrons. The highest BCUT2D eigenvalue weighted by atomic mass is 35.5. The van der Waals surface area contributed by atoms with Crippen LogP contribution in [0.3, 0.4) is 0 Å². The maximum absolute atomic E-state index is 6.65. The number of nitrogens with one attached hydrogen (secondary N) is 1. The van der Waals surface area contributed by atoms with Crippen LogP contribution < -0.4 is 5.32 Å². The van der Waals surface area contributed by atoms with Crippen molar-refractivity contribution >= 4 is 33.7 Å². The van der Waals surface area contributed by atoms with Gasteiger partial charge < -0.3 is 5.32 Å². The Kier molecular flexibility index (Phi) is 5.13. The Morgan fingerprint density at radius 3 is 1.76 bits per heavy atom. The number of anilines is 2. The third-order valence-electron chi connectivity index (χ3n) is 7.60. The maximum atomic E-state index is 6.65. The van der Waals surface area contributed by atoms with Crippen LogP contribution in [0.1, 0.15) is 22.3 Å². The molecule has 0 bridgehead atoms. The average molecular weight is 494 g/mol. The molecule has 6 aromatic carbocycles. The lowest BCUT2D eigenvalue weighted by molar-refractivity contribution is 0.752. The average Bonchev–Trinajstić information content (AvgIpc) is 2.96. The molecule has 0 aliphatic heterocycles. The SMILES string of the molecule is Clc1ccccc1Nc1cccc2c1C(c1ccccc1)(c1ccccc1)c1cccc3cccc-2c13. The molecular weight excluding hydrogens is 470 g/mol. The number of hydrogen-bond acceptors (Lipinski definition) is 1. The quantitative estimate of drug-likeness (QED) is 0.257. The van der Waals surface area contributed by atoms with Crippen molar-refractivity contribution in [3.05, 3.63) is 167 Å². The molecule has 2 heteroatoms. The van der Waals surface area contributed by atoms with E-state index in [9.17, 15) is 0 Å². The van der Waals surface area contributed by atoms with Crippen molar-refractivity contribution in [2.75, 3.05) is 5.32 Å². The number of rotatable bonds is 4. The summed E-state index contributed by atoms with van der Waals surface area (Å²) in [5, 5.41) is 6.98. The van der Waals surface area contributed by atoms with Crippen LogP contribution in [0.25, 0.3) is 21.9 Å². The summed E-state index contributed by atoms with van der Waals surface area (Å²) >= 11 is 6.65. The molecule has 0 saturated heterocycles. The van der Waals surface area contributed by atoms with Gasteiger partial charge in [-0.05, 0) is 56.8 Å². The van der Waals surface area contributed by atoms with E-state index in [1.54, 1.807) is 0 Å². The van der Waals surface area contributed by atoms with E-state index in [1.807, 2.05) is 24.3 Å². The minimum absolute atomic E-state index is 0.531. The molecule has 0 amide bonds. The maximum Gasteiger partial charge on any atom is 0.0734 e. The van der Waals surface area contributed by atoms with Crippen LogP contribution in [0.5, 0.6) is 0 Å². The molecule has 0 heterocycles. The van der Waals surface area contributed by atoms with E-state index in [0.29, 0.717) is 5.02 Å². The van der Waals surface area contributed by atoms with Crippen molar-refractivity contribution in [3.63, 3.8) is 0 Å². The van der Waals surface area contributed by atoms with Gasteiger partial charge in [-0.3, -0.25) is 0 Å². The molecule has 1 aliphatic carbocycles. The van der Waals surface area contributed by atoms with Gasteiger partial charge in [-0.15, -0.1) is 0 Å². The fourth-order valence-corrected chi connectivity index (χ4v) is 6.33. The summed E-state index contributed by atoms with van der Waals surface area (Å²) in [5.41, 5.74) is 8.89. The van der Waals surface area contributed by atoms with Gasteiger partial charge in [0.15, 0.2) is 0 Å². The van der Waals surface area contributed by atoms with Gasteiger partial charge in [0.05, 0.1) is 16.1 Å². The highest BCUT2D eigenvalue weighted by Gasteiger charge is 2.45. The summed E-state index contributed by atoms with van der Waals surface area (Å²) in [6.45, 7) is 0. The van der Waals surface area contributed by atoms with Crippen LogP contribution in [0.2, 0.25) is 5.02 Å². The Balaban J connectivity index is 1.68. The monoisotopic (exact) mass is 493 g/mol. The first-order valence-electron chi connectivity index (χ1n) is 12.6. The Bertz CT molecular complexity index is 1710. The number of halogens is 1. The number of hydrogen-bond donors (Lipinski definition) is 1. The van der Waals surface area contributed by atoms with Crippen LogP contribution in [-0.2, 0) is 5.41 Å². The largest absolute Gasteiger partial charge is 0.354 e. The van der Waals surface area contributed by atoms with Crippen molar-refractivity contribution in [1.29, 1.82) is 0 Å². The molecule has 1 aliphatic rings. The van der Waals surface area contributed by atoms with Crippen LogP contribution in [-0.4, -0.2) is 0 Å². The van der Waals surface area contributed by atoms with Gasteiger partial charge in [0, 0.05) is 11.3 Å². The molecule has 0 spiro atoms. The van der Waals surface area contributed by atoms with Gasteiger partial charge in [-0.2, -0.15) is 0 Å². The van der Waals surface area contributed by atoms with Crippen molar-refractivity contribution in [2.24, 2.45) is 0 Å². The normalized spacial score (nSPS) is 13.2. The fourth-order valence-electron chi connectivity index (χ4n) is 6.15. The van der Waals surface area contributed by atoms with Gasteiger partial charge in [-0.25, -0.2) is 0 Å². The standard InChI is InChI=1S/C35H24ClN/c36-30-21-7-8-22-31(30)37-32-23-11-19-28-27-18-9-12-24-13-10-20-29(33(24)27)35(34(28)32,25-14-3-1-4-15-25)26-16-5-2-6-17-26/h1-23,37H. The van der Waals surface area contributed by atoms with E-state index in [2.05, 4.69) is 121 Å². The van der Waals surface area contributed by atoms with Crippen LogP contribution in [0, 0.1) is 0 Å². The molecule has 0 atom stereocenters. The summed E-state index contributed by atoms with van der Waals surface area (Å²) in [6, 6.07) is 49.7. The smallest absolute Gasteiger partial charge is 0.0734 e. The van der Waals surface area contributed by atoms with Crippen molar-refractivity contribution in [3.8, 4) is 11.1 Å². The molecule has 0 saturated carbocycles. The number of benzene rings is 6. The minimum atomic E-state index is -0.531. The Hall–Kier alpha value is -4.33. The zero-order chi connectivity index (χ0) is 24.8. The molecule has 6 aromatic rings. The van der Waals surface area contributed by atoms with Crippen molar-refractivity contribution in [2.45, 2.75) is 5.41 Å². The van der Waals surface area contributed by atoms with E-state index in [0.717, 1.165) is 11.4 Å². The topological polar surface area (TPSA) is 12.0 Å². The predicted octanol–water partition coefficient (Wildman–Crippen LogP) is 9.60. The van der Waals surface area contributed by atoms with Crippen molar-refractivity contribution < 1.29 is 0 Å². The minimum Gasteiger partial charge on any atom is -0.354 e. The summed E-state index contributed by atoms with van der Waals surface area (Å²) in [4.78, 5) is 0. The second-order valence-corrected chi connectivity index (χ2v) is 9.93. The molecular formula is C35H24ClN. The molecule has 1 nitrogen and oxygen atoms in total. The van der Waals surface area contributed by atoms with E-state index in [1.165, 1.54) is 44.2 Å². The first-order chi connectivity index (χ1) is 18.3. The first kappa shape index (κ1) is 21.9. The van der Waals surface area contributed by atoms with Gasteiger partial charge in [0.25, 0.3) is 0 Å². The molecule has 0 aromatic heterocycles. The molecule has 176 valence electrons. The van der Waals surface area contributed by atoms with E-state index in [-0.39, 0.29) is 0 Å². The fraction of sp³-hybridized carbons (Fsp3) is 0.0286. The third-order valence-corrected chi connectivity index (χ3v) is 7.92. The molecule has 0 unspecified atom stereocenters. The van der Waals surface area contributed by atoms with Crippen LogP contribution in [0.15, 0.2) is 140 Å². The highest BCUT2D eigenvalue weighted by Crippen LogP contribution is 2.57. The highest BCUT2D eigenvalue weighted by molar-refractivity contribution is 6.33. The second kappa shape index (κ2) is 8.65. The molecule has 0 fully saturated rings. The lowest BCUT2D eigenvalue weighted by Gasteiger charge is -2.43. The van der Waals surface area contributed by atoms with Gasteiger partial charge >= 0.3 is 0 Å². The zero-order valence-electron chi connectivity index (χ0n) is 20.2. The molecule has 7 rings (SSSR count). The van der Waals surface area contributed by atoms with Crippen LogP contribution in [0.4, 0.5) is 11.4 Å². The second-order valence-electron chi connectivity index (χ2n) is 9.52. The summed E-state index contributed by atoms with van der Waals surface area (Å²) in [7, 11) is 0. The van der Waals surface area contributed by atoms with E-state index in [4.69, 9.17) is 11.6 Å². The summed E-state index contributed by atoms with van der Waals surface area (Å²) < 4.78 is 0. The zero-order valence-corrected chi connectivity index (χ0v) is 20.9. The number of fused-ring (bicyclic) bond motifs is 2. The molecule has 1 N–H and O–H groups in total. The predicted molar refractivity (Wildman–Crippen MR) is 156 cm³/mol. The Labute approximate surface area is 222 Å². The Morgan fingerprint density at radius 2 is 1.05 bits per heavy atom. The van der Waals surface area contributed by atoms with Crippen LogP contribution >= 0.6 is 11.6 Å². The Morgan fingerprint density at radius 1 is 0.486 bits per heavy atom. The third kappa shape index (κ3) is 3.25. The van der Waals surface area contributed by atoms with Gasteiger partial charge in [0.2, 0.25) is 0 Å². The lowest BCUT2D eigenvalue weighted by Crippen LogP contribution is -2.34. The van der Waals surface area contributed by atoms with Crippen molar-refractivity contribution in [1.82, 2.24) is 0 Å². The summed E-state index contributed by atoms with van der Waals surface area (Å²) in [6.07, 6.45) is 0. The van der Waals surface area contributed by atoms with Gasteiger partial charge in [0.1, 0.15) is 0 Å². The number of para-hydroxylation sites is 1. The summed E-state index contributed by atoms with van der Waals surface area (Å²) in [5.74, 6) is 0. The lowest BCUT2D eigenvalue weighted by atomic mass is 9.59. The first-order valence-corrected chi connectivity index (χ1v) is 12.9.